The smallest absolute Gasteiger partial charge is 0.277 e. The van der Waals surface area contributed by atoms with Crippen molar-refractivity contribution in [3.05, 3.63) is 29.3 Å². The minimum Gasteiger partial charge on any atom is -0.483 e. The number of ether oxygens (including phenoxy) is 1. The number of hydrazone groups is 1. The number of benzene rings is 1. The molecule has 1 aliphatic carbocycles. The highest BCUT2D eigenvalue weighted by Gasteiger charge is 2.09. The van der Waals surface area contributed by atoms with E-state index in [1.807, 2.05) is 32.0 Å². The van der Waals surface area contributed by atoms with E-state index in [-0.39, 0.29) is 12.5 Å². The lowest BCUT2D eigenvalue weighted by atomic mass is 10.1. The first kappa shape index (κ1) is 13.6. The number of nitrogens with zero attached hydrogens (tertiary/aromatic N) is 1. The van der Waals surface area contributed by atoms with Crippen LogP contribution in [-0.4, -0.2) is 18.2 Å². The Balaban J connectivity index is 1.82. The molecular weight excluding hydrogens is 240 g/mol. The summed E-state index contributed by atoms with van der Waals surface area (Å²) >= 11 is 0. The van der Waals surface area contributed by atoms with E-state index in [1.54, 1.807) is 0 Å². The van der Waals surface area contributed by atoms with Crippen molar-refractivity contribution in [2.75, 3.05) is 6.61 Å². The van der Waals surface area contributed by atoms with Crippen molar-refractivity contribution < 1.29 is 9.53 Å². The number of nitrogens with one attached hydrogen (secondary N) is 1. The minimum absolute atomic E-state index is 0.00106. The molecule has 4 heteroatoms. The standard InChI is InChI=1S/C15H20N2O2/c1-11-7-8-12(2)14(9-11)19-10-15(18)17-16-13-5-3-4-6-13/h7-9H,3-6,10H2,1-2H3,(H,17,18). The van der Waals surface area contributed by atoms with Crippen molar-refractivity contribution in [2.45, 2.75) is 39.5 Å². The average Bonchev–Trinajstić information content (AvgIpc) is 2.90. The average molecular weight is 260 g/mol. The maximum Gasteiger partial charge on any atom is 0.277 e. The molecule has 4 nitrogen and oxygen atoms in total. The molecule has 1 N–H and O–H groups in total. The largest absolute Gasteiger partial charge is 0.483 e. The second-order valence-electron chi connectivity index (χ2n) is 4.98. The summed E-state index contributed by atoms with van der Waals surface area (Å²) in [7, 11) is 0. The Labute approximate surface area is 113 Å². The van der Waals surface area contributed by atoms with Gasteiger partial charge in [-0.2, -0.15) is 5.10 Å². The summed E-state index contributed by atoms with van der Waals surface area (Å²) < 4.78 is 5.51. The number of hydrogen-bond donors (Lipinski definition) is 1. The van der Waals surface area contributed by atoms with Crippen LogP contribution >= 0.6 is 0 Å². The number of aryl methyl sites for hydroxylation is 2. The van der Waals surface area contributed by atoms with Gasteiger partial charge in [-0.15, -0.1) is 0 Å². The molecule has 1 fully saturated rings. The molecule has 0 saturated heterocycles. The van der Waals surface area contributed by atoms with Gasteiger partial charge in [-0.25, -0.2) is 5.43 Å². The second-order valence-corrected chi connectivity index (χ2v) is 4.98. The molecule has 0 atom stereocenters. The zero-order valence-corrected chi connectivity index (χ0v) is 11.5. The Kier molecular flexibility index (Phi) is 4.55. The first-order chi connectivity index (χ1) is 9.15. The van der Waals surface area contributed by atoms with E-state index in [0.29, 0.717) is 0 Å². The fraction of sp³-hybridized carbons (Fsp3) is 0.467. The Morgan fingerprint density at radius 3 is 2.79 bits per heavy atom. The predicted molar refractivity (Wildman–Crippen MR) is 75.5 cm³/mol. The van der Waals surface area contributed by atoms with Gasteiger partial charge < -0.3 is 4.74 Å². The molecule has 1 saturated carbocycles. The Bertz CT molecular complexity index is 487. The summed E-state index contributed by atoms with van der Waals surface area (Å²) in [6.07, 6.45) is 4.34. The zero-order chi connectivity index (χ0) is 13.7. The molecule has 0 aromatic heterocycles. The molecule has 0 radical (unpaired) electrons. The summed E-state index contributed by atoms with van der Waals surface area (Å²) in [4.78, 5) is 11.6. The highest BCUT2D eigenvalue weighted by Crippen LogP contribution is 2.18. The van der Waals surface area contributed by atoms with E-state index < -0.39 is 0 Å². The molecule has 0 spiro atoms. The van der Waals surface area contributed by atoms with Crippen molar-refractivity contribution >= 4 is 11.6 Å². The number of amides is 1. The maximum atomic E-state index is 11.6. The van der Waals surface area contributed by atoms with Gasteiger partial charge in [0.2, 0.25) is 0 Å². The Morgan fingerprint density at radius 2 is 2.05 bits per heavy atom. The highest BCUT2D eigenvalue weighted by atomic mass is 16.5. The van der Waals surface area contributed by atoms with Crippen LogP contribution in [0.3, 0.4) is 0 Å². The second kappa shape index (κ2) is 6.36. The normalized spacial score (nSPS) is 14.3. The lowest BCUT2D eigenvalue weighted by molar-refractivity contribution is -0.123. The number of carbonyl (C=O) groups excluding carboxylic acids is 1. The number of carbonyl (C=O) groups is 1. The van der Waals surface area contributed by atoms with Crippen LogP contribution in [0.15, 0.2) is 23.3 Å². The van der Waals surface area contributed by atoms with Crippen LogP contribution in [0.2, 0.25) is 0 Å². The topological polar surface area (TPSA) is 50.7 Å². The van der Waals surface area contributed by atoms with Gasteiger partial charge >= 0.3 is 0 Å². The van der Waals surface area contributed by atoms with E-state index >= 15 is 0 Å². The SMILES string of the molecule is Cc1ccc(C)c(OCC(=O)NN=C2CCCC2)c1. The van der Waals surface area contributed by atoms with Crippen LogP contribution in [0.25, 0.3) is 0 Å². The molecule has 0 aliphatic heterocycles. The summed E-state index contributed by atoms with van der Waals surface area (Å²) in [6.45, 7) is 3.96. The van der Waals surface area contributed by atoms with Gasteiger partial charge in [0, 0.05) is 5.71 Å². The third-order valence-electron chi connectivity index (χ3n) is 3.22. The van der Waals surface area contributed by atoms with Gasteiger partial charge in [-0.05, 0) is 56.7 Å². The molecule has 1 amide bonds. The fourth-order valence-corrected chi connectivity index (χ4v) is 2.07. The van der Waals surface area contributed by atoms with Gasteiger partial charge in [0.15, 0.2) is 6.61 Å². The summed E-state index contributed by atoms with van der Waals surface area (Å²) in [6, 6.07) is 5.95. The molecule has 2 rings (SSSR count). The third-order valence-corrected chi connectivity index (χ3v) is 3.22. The summed E-state index contributed by atoms with van der Waals surface area (Å²) in [5, 5.41) is 4.11. The first-order valence-corrected chi connectivity index (χ1v) is 6.69. The van der Waals surface area contributed by atoms with E-state index in [0.717, 1.165) is 35.4 Å². The molecular formula is C15H20N2O2. The molecule has 0 heterocycles. The first-order valence-electron chi connectivity index (χ1n) is 6.69. The van der Waals surface area contributed by atoms with E-state index in [9.17, 15) is 4.79 Å². The number of rotatable bonds is 4. The maximum absolute atomic E-state index is 11.6. The van der Waals surface area contributed by atoms with Gasteiger partial charge in [0.25, 0.3) is 5.91 Å². The predicted octanol–water partition coefficient (Wildman–Crippen LogP) is 2.73. The van der Waals surface area contributed by atoms with Crippen molar-refractivity contribution in [2.24, 2.45) is 5.10 Å². The van der Waals surface area contributed by atoms with Crippen LogP contribution < -0.4 is 10.2 Å². The van der Waals surface area contributed by atoms with Crippen LogP contribution in [0.1, 0.15) is 36.8 Å². The summed E-state index contributed by atoms with van der Waals surface area (Å²) in [5.41, 5.74) is 5.78. The number of hydrogen-bond acceptors (Lipinski definition) is 3. The fourth-order valence-electron chi connectivity index (χ4n) is 2.07. The molecule has 102 valence electrons. The van der Waals surface area contributed by atoms with Crippen molar-refractivity contribution in [3.8, 4) is 5.75 Å². The molecule has 0 bridgehead atoms. The van der Waals surface area contributed by atoms with E-state index in [1.165, 1.54) is 12.8 Å². The van der Waals surface area contributed by atoms with Crippen molar-refractivity contribution in [1.82, 2.24) is 5.43 Å². The van der Waals surface area contributed by atoms with E-state index in [4.69, 9.17) is 4.74 Å². The lowest BCUT2D eigenvalue weighted by Crippen LogP contribution is -2.25. The van der Waals surface area contributed by atoms with Gasteiger partial charge in [0.05, 0.1) is 0 Å². The molecule has 1 aliphatic rings. The zero-order valence-electron chi connectivity index (χ0n) is 11.5. The molecule has 1 aromatic carbocycles. The van der Waals surface area contributed by atoms with Gasteiger partial charge in [-0.1, -0.05) is 12.1 Å². The lowest BCUT2D eigenvalue weighted by Gasteiger charge is -2.09. The van der Waals surface area contributed by atoms with E-state index in [2.05, 4.69) is 10.5 Å². The Morgan fingerprint density at radius 1 is 1.32 bits per heavy atom. The van der Waals surface area contributed by atoms with Crippen LogP contribution in [-0.2, 0) is 4.79 Å². The molecule has 0 unspecified atom stereocenters. The van der Waals surface area contributed by atoms with Crippen molar-refractivity contribution in [3.63, 3.8) is 0 Å². The Hall–Kier alpha value is -1.84. The van der Waals surface area contributed by atoms with Crippen molar-refractivity contribution in [1.29, 1.82) is 0 Å². The van der Waals surface area contributed by atoms with Crippen LogP contribution in [0.4, 0.5) is 0 Å². The van der Waals surface area contributed by atoms with Gasteiger partial charge in [0.1, 0.15) is 5.75 Å². The summed E-state index contributed by atoms with van der Waals surface area (Å²) in [5.74, 6) is 0.545. The molecule has 19 heavy (non-hydrogen) atoms. The van der Waals surface area contributed by atoms with Crippen LogP contribution in [0.5, 0.6) is 5.75 Å². The molecule has 1 aromatic rings. The quantitative estimate of drug-likeness (QED) is 0.846. The van der Waals surface area contributed by atoms with Crippen LogP contribution in [0, 0.1) is 13.8 Å². The monoisotopic (exact) mass is 260 g/mol. The minimum atomic E-state index is -0.208. The highest BCUT2D eigenvalue weighted by molar-refractivity contribution is 5.87. The third kappa shape index (κ3) is 4.09. The van der Waals surface area contributed by atoms with Gasteiger partial charge in [-0.3, -0.25) is 4.79 Å².